The van der Waals surface area contributed by atoms with Crippen LogP contribution in [0.4, 0.5) is 0 Å². The van der Waals surface area contributed by atoms with Crippen LogP contribution in [0, 0.1) is 0 Å². The van der Waals surface area contributed by atoms with E-state index in [9.17, 15) is 4.79 Å². The number of ketones is 1. The van der Waals surface area contributed by atoms with E-state index in [1.54, 1.807) is 12.3 Å². The molecule has 2 aromatic rings. The Bertz CT molecular complexity index is 447. The lowest BCUT2D eigenvalue weighted by atomic mass is 10.2. The van der Waals surface area contributed by atoms with Crippen LogP contribution >= 0.6 is 0 Å². The van der Waals surface area contributed by atoms with Gasteiger partial charge in [0.1, 0.15) is 5.69 Å². The molecule has 0 saturated carbocycles. The van der Waals surface area contributed by atoms with Crippen LogP contribution in [0.3, 0.4) is 0 Å². The van der Waals surface area contributed by atoms with Gasteiger partial charge >= 0.3 is 0 Å². The van der Waals surface area contributed by atoms with Crippen molar-refractivity contribution < 1.29 is 4.79 Å². The summed E-state index contributed by atoms with van der Waals surface area (Å²) in [6, 6.07) is 3.64. The van der Waals surface area contributed by atoms with Crippen molar-refractivity contribution in [2.24, 2.45) is 0 Å². The van der Waals surface area contributed by atoms with Crippen LogP contribution in [0.2, 0.25) is 0 Å². The van der Waals surface area contributed by atoms with Crippen LogP contribution < -0.4 is 0 Å². The van der Waals surface area contributed by atoms with Gasteiger partial charge in [0.25, 0.3) is 0 Å². The van der Waals surface area contributed by atoms with Crippen molar-refractivity contribution in [3.63, 3.8) is 0 Å². The summed E-state index contributed by atoms with van der Waals surface area (Å²) in [6.45, 7) is 1.82. The van der Waals surface area contributed by atoms with Crippen molar-refractivity contribution in [1.82, 2.24) is 15.2 Å². The molecular formula is C9H9N3O. The molecule has 0 amide bonds. The standard InChI is InChI=1S/C9H9N3O/c1-2-7(13)8-6-4-3-5-10-9(6)12-11-8/h3-5H,2H2,1H3,(H,10,11,12). The SMILES string of the molecule is CCC(=O)c1n[nH]c2ncccc12. The first kappa shape index (κ1) is 7.91. The monoisotopic (exact) mass is 175 g/mol. The molecule has 0 aromatic carbocycles. The second-order valence-electron chi connectivity index (χ2n) is 2.75. The summed E-state index contributed by atoms with van der Waals surface area (Å²) in [7, 11) is 0. The van der Waals surface area contributed by atoms with Crippen LogP contribution in [0.5, 0.6) is 0 Å². The zero-order chi connectivity index (χ0) is 9.26. The molecule has 0 spiro atoms. The third kappa shape index (κ3) is 1.20. The number of nitrogens with one attached hydrogen (secondary N) is 1. The molecule has 0 aliphatic heterocycles. The number of pyridine rings is 1. The Balaban J connectivity index is 2.64. The highest BCUT2D eigenvalue weighted by molar-refractivity contribution is 6.04. The third-order valence-electron chi connectivity index (χ3n) is 1.92. The van der Waals surface area contributed by atoms with Gasteiger partial charge in [0.15, 0.2) is 11.4 Å². The summed E-state index contributed by atoms with van der Waals surface area (Å²) in [5, 5.41) is 7.45. The second-order valence-corrected chi connectivity index (χ2v) is 2.75. The first-order chi connectivity index (χ1) is 6.33. The largest absolute Gasteiger partial charge is 0.292 e. The summed E-state index contributed by atoms with van der Waals surface area (Å²) in [6.07, 6.45) is 2.13. The molecule has 13 heavy (non-hydrogen) atoms. The third-order valence-corrected chi connectivity index (χ3v) is 1.92. The zero-order valence-corrected chi connectivity index (χ0v) is 7.24. The van der Waals surface area contributed by atoms with Crippen molar-refractivity contribution in [2.45, 2.75) is 13.3 Å². The Morgan fingerprint density at radius 3 is 3.23 bits per heavy atom. The molecule has 4 heteroatoms. The van der Waals surface area contributed by atoms with Crippen molar-refractivity contribution >= 4 is 16.8 Å². The molecule has 1 N–H and O–H groups in total. The van der Waals surface area contributed by atoms with Crippen LogP contribution in [-0.2, 0) is 0 Å². The van der Waals surface area contributed by atoms with Gasteiger partial charge in [-0.05, 0) is 12.1 Å². The molecular weight excluding hydrogens is 166 g/mol. The number of carbonyl (C=O) groups excluding carboxylic acids is 1. The van der Waals surface area contributed by atoms with E-state index in [2.05, 4.69) is 15.2 Å². The van der Waals surface area contributed by atoms with Crippen molar-refractivity contribution in [3.05, 3.63) is 24.0 Å². The van der Waals surface area contributed by atoms with Gasteiger partial charge in [0, 0.05) is 18.0 Å². The van der Waals surface area contributed by atoms with Gasteiger partial charge in [-0.1, -0.05) is 6.92 Å². The van der Waals surface area contributed by atoms with E-state index in [1.807, 2.05) is 13.0 Å². The van der Waals surface area contributed by atoms with E-state index >= 15 is 0 Å². The average molecular weight is 175 g/mol. The van der Waals surface area contributed by atoms with Gasteiger partial charge in [-0.15, -0.1) is 0 Å². The van der Waals surface area contributed by atoms with Gasteiger partial charge < -0.3 is 0 Å². The van der Waals surface area contributed by atoms with E-state index < -0.39 is 0 Å². The van der Waals surface area contributed by atoms with Gasteiger partial charge in [-0.3, -0.25) is 9.89 Å². The molecule has 0 radical (unpaired) electrons. The Morgan fingerprint density at radius 2 is 2.46 bits per heavy atom. The molecule has 0 bridgehead atoms. The predicted molar refractivity (Wildman–Crippen MR) is 48.5 cm³/mol. The molecule has 0 saturated heterocycles. The lowest BCUT2D eigenvalue weighted by Crippen LogP contribution is -1.97. The number of rotatable bonds is 2. The van der Waals surface area contributed by atoms with Crippen molar-refractivity contribution in [1.29, 1.82) is 0 Å². The molecule has 0 aliphatic rings. The second kappa shape index (κ2) is 2.97. The highest BCUT2D eigenvalue weighted by atomic mass is 16.1. The quantitative estimate of drug-likeness (QED) is 0.704. The number of fused-ring (bicyclic) bond motifs is 1. The fraction of sp³-hybridized carbons (Fsp3) is 0.222. The normalized spacial score (nSPS) is 10.5. The van der Waals surface area contributed by atoms with E-state index in [0.29, 0.717) is 17.8 Å². The molecule has 0 atom stereocenters. The van der Waals surface area contributed by atoms with E-state index in [1.165, 1.54) is 0 Å². The molecule has 0 fully saturated rings. The van der Waals surface area contributed by atoms with Gasteiger partial charge in [0.2, 0.25) is 0 Å². The number of hydrogen-bond donors (Lipinski definition) is 1. The number of Topliss-reactive ketones (excluding diaryl/α,β-unsaturated/α-hetero) is 1. The predicted octanol–water partition coefficient (Wildman–Crippen LogP) is 1.55. The minimum Gasteiger partial charge on any atom is -0.292 e. The topological polar surface area (TPSA) is 58.6 Å². The highest BCUT2D eigenvalue weighted by Crippen LogP contribution is 2.13. The summed E-state index contributed by atoms with van der Waals surface area (Å²) >= 11 is 0. The summed E-state index contributed by atoms with van der Waals surface area (Å²) in [4.78, 5) is 15.4. The van der Waals surface area contributed by atoms with Crippen molar-refractivity contribution in [3.8, 4) is 0 Å². The Labute approximate surface area is 75.0 Å². The smallest absolute Gasteiger partial charge is 0.183 e. The van der Waals surface area contributed by atoms with Gasteiger partial charge in [-0.2, -0.15) is 5.10 Å². The van der Waals surface area contributed by atoms with E-state index in [4.69, 9.17) is 0 Å². The lowest BCUT2D eigenvalue weighted by molar-refractivity contribution is 0.0985. The number of aromatic nitrogens is 3. The fourth-order valence-electron chi connectivity index (χ4n) is 1.23. The Hall–Kier alpha value is -1.71. The van der Waals surface area contributed by atoms with Crippen LogP contribution in [0.1, 0.15) is 23.8 Å². The highest BCUT2D eigenvalue weighted by Gasteiger charge is 2.11. The van der Waals surface area contributed by atoms with Crippen LogP contribution in [0.25, 0.3) is 11.0 Å². The van der Waals surface area contributed by atoms with E-state index in [0.717, 1.165) is 5.39 Å². The van der Waals surface area contributed by atoms with E-state index in [-0.39, 0.29) is 5.78 Å². The maximum atomic E-state index is 11.4. The molecule has 0 aliphatic carbocycles. The maximum absolute atomic E-state index is 11.4. The number of hydrogen-bond acceptors (Lipinski definition) is 3. The maximum Gasteiger partial charge on any atom is 0.183 e. The average Bonchev–Trinajstić information content (AvgIpc) is 2.60. The Morgan fingerprint density at radius 1 is 1.62 bits per heavy atom. The summed E-state index contributed by atoms with van der Waals surface area (Å²) < 4.78 is 0. The van der Waals surface area contributed by atoms with Crippen LogP contribution in [0.15, 0.2) is 18.3 Å². The lowest BCUT2D eigenvalue weighted by Gasteiger charge is -1.90. The molecule has 66 valence electrons. The molecule has 4 nitrogen and oxygen atoms in total. The first-order valence-electron chi connectivity index (χ1n) is 4.15. The molecule has 0 unspecified atom stereocenters. The van der Waals surface area contributed by atoms with Gasteiger partial charge in [0.05, 0.1) is 0 Å². The minimum atomic E-state index is 0.0410. The van der Waals surface area contributed by atoms with Crippen LogP contribution in [-0.4, -0.2) is 21.0 Å². The van der Waals surface area contributed by atoms with Crippen molar-refractivity contribution in [2.75, 3.05) is 0 Å². The summed E-state index contributed by atoms with van der Waals surface area (Å²) in [5.74, 6) is 0.0410. The number of carbonyl (C=O) groups is 1. The Kier molecular flexibility index (Phi) is 1.81. The first-order valence-corrected chi connectivity index (χ1v) is 4.15. The van der Waals surface area contributed by atoms with Gasteiger partial charge in [-0.25, -0.2) is 4.98 Å². The minimum absolute atomic E-state index is 0.0410. The number of aromatic amines is 1. The molecule has 2 aromatic heterocycles. The number of H-pyrrole nitrogens is 1. The fourth-order valence-corrected chi connectivity index (χ4v) is 1.23. The number of nitrogens with zero attached hydrogens (tertiary/aromatic N) is 2. The zero-order valence-electron chi connectivity index (χ0n) is 7.24. The molecule has 2 heterocycles. The summed E-state index contributed by atoms with van der Waals surface area (Å²) in [5.41, 5.74) is 1.16. The molecule has 2 rings (SSSR count).